The fraction of sp³-hybridized carbons (Fsp3) is 0.667. The lowest BCUT2D eigenvalue weighted by Gasteiger charge is -2.15. The van der Waals surface area contributed by atoms with E-state index in [1.165, 1.54) is 31.9 Å². The predicted molar refractivity (Wildman–Crippen MR) is 60.2 cm³/mol. The van der Waals surface area contributed by atoms with E-state index in [9.17, 15) is 4.79 Å². The summed E-state index contributed by atoms with van der Waals surface area (Å²) in [5, 5.41) is 6.68. The quantitative estimate of drug-likeness (QED) is 0.782. The summed E-state index contributed by atoms with van der Waals surface area (Å²) in [6.45, 7) is 1.76. The molecule has 4 heteroatoms. The normalized spacial score (nSPS) is 18.1. The number of rotatable bonds is 2. The third-order valence-electron chi connectivity index (χ3n) is 3.19. The average Bonchev–Trinajstić information content (AvgIpc) is 2.53. The number of nitrogens with zero attached hydrogens (tertiary/aromatic N) is 1. The number of amides is 1. The molecule has 1 aliphatic carbocycles. The highest BCUT2D eigenvalue weighted by atomic mass is 16.5. The standard InChI is InChI=1S/C12H18N2O2/c1-9-11(8-13-16-9)12(15)14-10-6-4-2-3-5-7-10/h8,10H,2-7H2,1H3,(H,14,15). The SMILES string of the molecule is Cc1oncc1C(=O)NC1CCCCCC1. The van der Waals surface area contributed by atoms with Crippen LogP contribution in [-0.2, 0) is 0 Å². The van der Waals surface area contributed by atoms with E-state index >= 15 is 0 Å². The van der Waals surface area contributed by atoms with Crippen LogP contribution in [0.2, 0.25) is 0 Å². The van der Waals surface area contributed by atoms with Crippen LogP contribution in [0.1, 0.15) is 54.6 Å². The highest BCUT2D eigenvalue weighted by molar-refractivity contribution is 5.94. The molecule has 1 aromatic rings. The Kier molecular flexibility index (Phi) is 3.59. The van der Waals surface area contributed by atoms with Crippen molar-refractivity contribution in [3.63, 3.8) is 0 Å². The molecule has 1 heterocycles. The van der Waals surface area contributed by atoms with Gasteiger partial charge in [0.05, 0.1) is 6.20 Å². The van der Waals surface area contributed by atoms with E-state index in [4.69, 9.17) is 4.52 Å². The third kappa shape index (κ3) is 2.62. The number of aryl methyl sites for hydroxylation is 1. The van der Waals surface area contributed by atoms with E-state index in [1.54, 1.807) is 6.92 Å². The molecule has 1 amide bonds. The van der Waals surface area contributed by atoms with E-state index < -0.39 is 0 Å². The highest BCUT2D eigenvalue weighted by Gasteiger charge is 2.18. The summed E-state index contributed by atoms with van der Waals surface area (Å²) >= 11 is 0. The van der Waals surface area contributed by atoms with Gasteiger partial charge in [0, 0.05) is 6.04 Å². The number of hydrogen-bond acceptors (Lipinski definition) is 3. The number of aromatic nitrogens is 1. The lowest BCUT2D eigenvalue weighted by molar-refractivity contribution is 0.0932. The molecular weight excluding hydrogens is 204 g/mol. The van der Waals surface area contributed by atoms with Gasteiger partial charge in [0.2, 0.25) is 0 Å². The smallest absolute Gasteiger partial charge is 0.256 e. The first-order valence-electron chi connectivity index (χ1n) is 5.99. The van der Waals surface area contributed by atoms with Crippen LogP contribution in [0.3, 0.4) is 0 Å². The highest BCUT2D eigenvalue weighted by Crippen LogP contribution is 2.18. The van der Waals surface area contributed by atoms with Crippen molar-refractivity contribution in [3.8, 4) is 0 Å². The van der Waals surface area contributed by atoms with Crippen LogP contribution in [0.4, 0.5) is 0 Å². The summed E-state index contributed by atoms with van der Waals surface area (Å²) in [6.07, 6.45) is 8.69. The minimum Gasteiger partial charge on any atom is -0.361 e. The van der Waals surface area contributed by atoms with Crippen molar-refractivity contribution in [3.05, 3.63) is 17.5 Å². The zero-order valence-electron chi connectivity index (χ0n) is 9.66. The van der Waals surface area contributed by atoms with Crippen LogP contribution in [-0.4, -0.2) is 17.1 Å². The maximum atomic E-state index is 11.9. The molecule has 0 spiro atoms. The molecule has 0 aromatic carbocycles. The van der Waals surface area contributed by atoms with Gasteiger partial charge < -0.3 is 9.84 Å². The molecule has 0 aliphatic heterocycles. The fourth-order valence-corrected chi connectivity index (χ4v) is 2.20. The summed E-state index contributed by atoms with van der Waals surface area (Å²) in [6, 6.07) is 0.323. The number of carbonyl (C=O) groups excluding carboxylic acids is 1. The van der Waals surface area contributed by atoms with Crippen molar-refractivity contribution >= 4 is 5.91 Å². The van der Waals surface area contributed by atoms with Gasteiger partial charge in [0.1, 0.15) is 11.3 Å². The Labute approximate surface area is 95.4 Å². The van der Waals surface area contributed by atoms with Crippen molar-refractivity contribution in [2.75, 3.05) is 0 Å². The summed E-state index contributed by atoms with van der Waals surface area (Å²) in [5.74, 6) is 0.539. The summed E-state index contributed by atoms with van der Waals surface area (Å²) in [4.78, 5) is 11.9. The maximum Gasteiger partial charge on any atom is 0.256 e. The van der Waals surface area contributed by atoms with Crippen molar-refractivity contribution < 1.29 is 9.32 Å². The Morgan fingerprint density at radius 2 is 2.06 bits per heavy atom. The lowest BCUT2D eigenvalue weighted by Crippen LogP contribution is -2.34. The van der Waals surface area contributed by atoms with Gasteiger partial charge in [0.25, 0.3) is 5.91 Å². The van der Waals surface area contributed by atoms with Gasteiger partial charge in [-0.05, 0) is 19.8 Å². The summed E-state index contributed by atoms with van der Waals surface area (Å²) in [5.41, 5.74) is 0.559. The molecule has 1 aromatic heterocycles. The minimum atomic E-state index is -0.0503. The first-order valence-corrected chi connectivity index (χ1v) is 5.99. The Balaban J connectivity index is 1.93. The Morgan fingerprint density at radius 1 is 1.38 bits per heavy atom. The van der Waals surface area contributed by atoms with E-state index in [2.05, 4.69) is 10.5 Å². The van der Waals surface area contributed by atoms with E-state index in [-0.39, 0.29) is 5.91 Å². The van der Waals surface area contributed by atoms with Gasteiger partial charge >= 0.3 is 0 Å². The fourth-order valence-electron chi connectivity index (χ4n) is 2.20. The number of carbonyl (C=O) groups is 1. The monoisotopic (exact) mass is 222 g/mol. The molecule has 0 unspecified atom stereocenters. The molecule has 0 atom stereocenters. The van der Waals surface area contributed by atoms with E-state index in [0.717, 1.165) is 12.8 Å². The second kappa shape index (κ2) is 5.14. The second-order valence-electron chi connectivity index (χ2n) is 4.46. The topological polar surface area (TPSA) is 55.1 Å². The molecular formula is C12H18N2O2. The minimum absolute atomic E-state index is 0.0503. The molecule has 88 valence electrons. The van der Waals surface area contributed by atoms with Gasteiger partial charge in [-0.1, -0.05) is 30.8 Å². The van der Waals surface area contributed by atoms with E-state index in [1.807, 2.05) is 0 Å². The first-order chi connectivity index (χ1) is 7.77. The molecule has 1 saturated carbocycles. The van der Waals surface area contributed by atoms with Crippen LogP contribution in [0.5, 0.6) is 0 Å². The molecule has 0 radical (unpaired) electrons. The summed E-state index contributed by atoms with van der Waals surface area (Å²) in [7, 11) is 0. The third-order valence-corrected chi connectivity index (χ3v) is 3.19. The molecule has 2 rings (SSSR count). The molecule has 1 N–H and O–H groups in total. The van der Waals surface area contributed by atoms with Gasteiger partial charge in [-0.15, -0.1) is 0 Å². The molecule has 1 aliphatic rings. The Hall–Kier alpha value is -1.32. The zero-order valence-corrected chi connectivity index (χ0v) is 9.66. The molecule has 1 fully saturated rings. The van der Waals surface area contributed by atoms with Crippen molar-refractivity contribution in [1.82, 2.24) is 10.5 Å². The van der Waals surface area contributed by atoms with Gasteiger partial charge in [-0.2, -0.15) is 0 Å². The van der Waals surface area contributed by atoms with Crippen molar-refractivity contribution in [2.24, 2.45) is 0 Å². The van der Waals surface area contributed by atoms with Crippen LogP contribution in [0, 0.1) is 6.92 Å². The van der Waals surface area contributed by atoms with Crippen LogP contribution >= 0.6 is 0 Å². The van der Waals surface area contributed by atoms with Gasteiger partial charge in [-0.3, -0.25) is 4.79 Å². The van der Waals surface area contributed by atoms with Crippen LogP contribution < -0.4 is 5.32 Å². The maximum absolute atomic E-state index is 11.9. The van der Waals surface area contributed by atoms with Crippen molar-refractivity contribution in [1.29, 1.82) is 0 Å². The van der Waals surface area contributed by atoms with Crippen molar-refractivity contribution in [2.45, 2.75) is 51.5 Å². The number of nitrogens with one attached hydrogen (secondary N) is 1. The largest absolute Gasteiger partial charge is 0.361 e. The molecule has 0 saturated heterocycles. The van der Waals surface area contributed by atoms with E-state index in [0.29, 0.717) is 17.4 Å². The Bertz CT molecular complexity index is 352. The average molecular weight is 222 g/mol. The second-order valence-corrected chi connectivity index (χ2v) is 4.46. The number of hydrogen-bond donors (Lipinski definition) is 1. The van der Waals surface area contributed by atoms with Gasteiger partial charge in [-0.25, -0.2) is 0 Å². The van der Waals surface area contributed by atoms with Gasteiger partial charge in [0.15, 0.2) is 0 Å². The molecule has 4 nitrogen and oxygen atoms in total. The van der Waals surface area contributed by atoms with Crippen LogP contribution in [0.25, 0.3) is 0 Å². The predicted octanol–water partition coefficient (Wildman–Crippen LogP) is 2.44. The molecule has 16 heavy (non-hydrogen) atoms. The molecule has 0 bridgehead atoms. The first kappa shape index (κ1) is 11.2. The summed E-state index contributed by atoms with van der Waals surface area (Å²) < 4.78 is 4.89. The lowest BCUT2D eigenvalue weighted by atomic mass is 10.1. The Morgan fingerprint density at radius 3 is 2.62 bits per heavy atom. The zero-order chi connectivity index (χ0) is 11.4. The van der Waals surface area contributed by atoms with Crippen LogP contribution in [0.15, 0.2) is 10.7 Å².